The Morgan fingerprint density at radius 3 is 2.42 bits per heavy atom. The molecule has 0 bridgehead atoms. The molecule has 1 heterocycles. The van der Waals surface area contributed by atoms with Crippen molar-refractivity contribution < 1.29 is 4.79 Å². The zero-order chi connectivity index (χ0) is 18.5. The van der Waals surface area contributed by atoms with Crippen molar-refractivity contribution in [2.45, 2.75) is 45.6 Å². The fourth-order valence-electron chi connectivity index (χ4n) is 3.38. The van der Waals surface area contributed by atoms with Crippen molar-refractivity contribution in [1.29, 1.82) is 0 Å². The van der Waals surface area contributed by atoms with E-state index in [1.54, 1.807) is 6.07 Å². The molecule has 26 heavy (non-hydrogen) atoms. The summed E-state index contributed by atoms with van der Waals surface area (Å²) >= 11 is 0. The van der Waals surface area contributed by atoms with Crippen LogP contribution in [-0.2, 0) is 0 Å². The van der Waals surface area contributed by atoms with Crippen LogP contribution in [0.4, 0.5) is 11.8 Å². The number of anilines is 2. The molecule has 1 aromatic carbocycles. The second-order valence-corrected chi connectivity index (χ2v) is 6.68. The molecule has 3 rings (SSSR count). The molecule has 0 saturated heterocycles. The summed E-state index contributed by atoms with van der Waals surface area (Å²) in [6.45, 7) is 5.76. The first-order chi connectivity index (χ1) is 12.6. The number of carbonyl (C=O) groups excluding carboxylic acids is 1. The number of nitrogens with zero attached hydrogens (tertiary/aromatic N) is 3. The van der Waals surface area contributed by atoms with Crippen LogP contribution in [0.15, 0.2) is 30.3 Å². The molecule has 1 saturated carbocycles. The van der Waals surface area contributed by atoms with Crippen LogP contribution in [0.2, 0.25) is 0 Å². The number of hydrogen-bond acceptors (Lipinski definition) is 5. The largest absolute Gasteiger partial charge is 0.384 e. The zero-order valence-corrected chi connectivity index (χ0v) is 15.5. The van der Waals surface area contributed by atoms with Gasteiger partial charge in [0, 0.05) is 36.3 Å². The maximum Gasteiger partial charge on any atom is 0.251 e. The van der Waals surface area contributed by atoms with Crippen molar-refractivity contribution in [1.82, 2.24) is 15.3 Å². The molecular weight excluding hydrogens is 326 g/mol. The van der Waals surface area contributed by atoms with E-state index >= 15 is 0 Å². The van der Waals surface area contributed by atoms with Crippen LogP contribution in [-0.4, -0.2) is 35.0 Å². The summed E-state index contributed by atoms with van der Waals surface area (Å²) in [6, 6.07) is 9.60. The average molecular weight is 353 g/mol. The highest BCUT2D eigenvalue weighted by molar-refractivity contribution is 5.94. The predicted molar refractivity (Wildman–Crippen MR) is 105 cm³/mol. The van der Waals surface area contributed by atoms with Crippen LogP contribution >= 0.6 is 0 Å². The van der Waals surface area contributed by atoms with Crippen molar-refractivity contribution in [2.75, 3.05) is 23.7 Å². The van der Waals surface area contributed by atoms with Gasteiger partial charge in [0.15, 0.2) is 0 Å². The third-order valence-electron chi connectivity index (χ3n) is 4.91. The van der Waals surface area contributed by atoms with E-state index in [2.05, 4.69) is 34.0 Å². The molecule has 0 unspecified atom stereocenters. The summed E-state index contributed by atoms with van der Waals surface area (Å²) in [5.41, 5.74) is 8.33. The highest BCUT2D eigenvalue weighted by atomic mass is 16.1. The average Bonchev–Trinajstić information content (AvgIpc) is 3.15. The molecule has 2 aromatic rings. The van der Waals surface area contributed by atoms with Gasteiger partial charge in [0.05, 0.1) is 5.69 Å². The fraction of sp³-hybridized carbons (Fsp3) is 0.450. The summed E-state index contributed by atoms with van der Waals surface area (Å²) in [4.78, 5) is 23.4. The number of rotatable bonds is 6. The molecule has 1 fully saturated rings. The Morgan fingerprint density at radius 1 is 1.15 bits per heavy atom. The number of benzene rings is 1. The van der Waals surface area contributed by atoms with Crippen LogP contribution in [0.25, 0.3) is 11.3 Å². The molecular formula is C20H27N5O. The number of nitrogens with two attached hydrogens (primary N) is 1. The number of aromatic nitrogens is 2. The van der Waals surface area contributed by atoms with E-state index in [-0.39, 0.29) is 5.91 Å². The maximum atomic E-state index is 12.4. The van der Waals surface area contributed by atoms with Gasteiger partial charge >= 0.3 is 0 Å². The molecule has 0 radical (unpaired) electrons. The second-order valence-electron chi connectivity index (χ2n) is 6.68. The quantitative estimate of drug-likeness (QED) is 0.833. The Hall–Kier alpha value is -2.63. The monoisotopic (exact) mass is 353 g/mol. The van der Waals surface area contributed by atoms with Crippen molar-refractivity contribution in [2.24, 2.45) is 0 Å². The summed E-state index contributed by atoms with van der Waals surface area (Å²) in [5.74, 6) is 1.07. The zero-order valence-electron chi connectivity index (χ0n) is 15.5. The summed E-state index contributed by atoms with van der Waals surface area (Å²) in [7, 11) is 0. The number of nitrogens with one attached hydrogen (secondary N) is 1. The minimum Gasteiger partial charge on any atom is -0.384 e. The van der Waals surface area contributed by atoms with Crippen LogP contribution in [0, 0.1) is 0 Å². The number of nitrogen functional groups attached to an aromatic ring is 1. The fourth-order valence-corrected chi connectivity index (χ4v) is 3.38. The lowest BCUT2D eigenvalue weighted by atomic mass is 10.1. The minimum atomic E-state index is -0.00511. The van der Waals surface area contributed by atoms with Crippen molar-refractivity contribution in [3.8, 4) is 11.3 Å². The number of hydrogen-bond donors (Lipinski definition) is 2. The van der Waals surface area contributed by atoms with Gasteiger partial charge in [-0.15, -0.1) is 0 Å². The Labute approximate surface area is 154 Å². The highest BCUT2D eigenvalue weighted by Gasteiger charge is 2.18. The molecule has 0 aliphatic heterocycles. The lowest BCUT2D eigenvalue weighted by Gasteiger charge is -2.19. The SMILES string of the molecule is CCN(CC)c1nc(N)cc(-c2ccc(C(=O)NC3CCCC3)cc2)n1. The van der Waals surface area contributed by atoms with Gasteiger partial charge in [0.2, 0.25) is 5.95 Å². The van der Waals surface area contributed by atoms with E-state index in [1.165, 1.54) is 12.8 Å². The molecule has 3 N–H and O–H groups in total. The predicted octanol–water partition coefficient (Wildman–Crippen LogP) is 3.24. The third-order valence-corrected chi connectivity index (χ3v) is 4.91. The molecule has 6 nitrogen and oxygen atoms in total. The first kappa shape index (κ1) is 18.2. The Kier molecular flexibility index (Phi) is 5.71. The van der Waals surface area contributed by atoms with Crippen molar-refractivity contribution in [3.05, 3.63) is 35.9 Å². The molecule has 1 aliphatic carbocycles. The topological polar surface area (TPSA) is 84.1 Å². The van der Waals surface area contributed by atoms with Gasteiger partial charge in [-0.1, -0.05) is 25.0 Å². The van der Waals surface area contributed by atoms with E-state index in [4.69, 9.17) is 5.73 Å². The lowest BCUT2D eigenvalue weighted by Crippen LogP contribution is -2.32. The van der Waals surface area contributed by atoms with E-state index in [0.717, 1.165) is 37.2 Å². The van der Waals surface area contributed by atoms with Gasteiger partial charge in [-0.2, -0.15) is 4.98 Å². The van der Waals surface area contributed by atoms with Crippen molar-refractivity contribution >= 4 is 17.7 Å². The van der Waals surface area contributed by atoms with Crippen LogP contribution in [0.3, 0.4) is 0 Å². The second kappa shape index (κ2) is 8.17. The van der Waals surface area contributed by atoms with Gasteiger partial charge in [-0.25, -0.2) is 4.98 Å². The summed E-state index contributed by atoms with van der Waals surface area (Å²) in [6.07, 6.45) is 4.57. The lowest BCUT2D eigenvalue weighted by molar-refractivity contribution is 0.0938. The molecule has 1 amide bonds. The van der Waals surface area contributed by atoms with Gasteiger partial charge in [-0.3, -0.25) is 4.79 Å². The van der Waals surface area contributed by atoms with Crippen LogP contribution in [0.5, 0.6) is 0 Å². The smallest absolute Gasteiger partial charge is 0.251 e. The van der Waals surface area contributed by atoms with Crippen LogP contribution < -0.4 is 16.0 Å². The number of carbonyl (C=O) groups is 1. The third kappa shape index (κ3) is 4.12. The van der Waals surface area contributed by atoms with Gasteiger partial charge in [0.1, 0.15) is 5.82 Å². The molecule has 138 valence electrons. The van der Waals surface area contributed by atoms with E-state index in [1.807, 2.05) is 24.3 Å². The van der Waals surface area contributed by atoms with E-state index in [0.29, 0.717) is 23.4 Å². The standard InChI is InChI=1S/C20H27N5O/c1-3-25(4-2)20-23-17(13-18(21)24-20)14-9-11-15(12-10-14)19(26)22-16-7-5-6-8-16/h9-13,16H,3-8H2,1-2H3,(H,22,26)(H2,21,23,24). The summed E-state index contributed by atoms with van der Waals surface area (Å²) < 4.78 is 0. The Balaban J connectivity index is 1.78. The van der Waals surface area contributed by atoms with Crippen molar-refractivity contribution in [3.63, 3.8) is 0 Å². The molecule has 1 aromatic heterocycles. The Morgan fingerprint density at radius 2 is 1.81 bits per heavy atom. The van der Waals surface area contributed by atoms with E-state index in [9.17, 15) is 4.79 Å². The van der Waals surface area contributed by atoms with Crippen LogP contribution in [0.1, 0.15) is 49.9 Å². The van der Waals surface area contributed by atoms with Gasteiger partial charge in [0.25, 0.3) is 5.91 Å². The molecule has 0 spiro atoms. The van der Waals surface area contributed by atoms with Gasteiger partial charge in [-0.05, 0) is 38.8 Å². The molecule has 1 aliphatic rings. The first-order valence-electron chi connectivity index (χ1n) is 9.41. The molecule has 0 atom stereocenters. The maximum absolute atomic E-state index is 12.4. The summed E-state index contributed by atoms with van der Waals surface area (Å²) in [5, 5.41) is 3.11. The molecule has 6 heteroatoms. The minimum absolute atomic E-state index is 0.00511. The highest BCUT2D eigenvalue weighted by Crippen LogP contribution is 2.23. The van der Waals surface area contributed by atoms with Gasteiger partial charge < -0.3 is 16.0 Å². The normalized spacial score (nSPS) is 14.4. The number of amides is 1. The Bertz CT molecular complexity index is 749. The van der Waals surface area contributed by atoms with E-state index < -0.39 is 0 Å². The first-order valence-corrected chi connectivity index (χ1v) is 9.41.